The molecule has 0 aromatic carbocycles. The summed E-state index contributed by atoms with van der Waals surface area (Å²) >= 11 is 6.42. The summed E-state index contributed by atoms with van der Waals surface area (Å²) in [5.74, 6) is 0. The van der Waals surface area contributed by atoms with Gasteiger partial charge in [0.25, 0.3) is 0 Å². The number of hydrogen-bond acceptors (Lipinski definition) is 1. The first-order valence-electron chi connectivity index (χ1n) is 3.37. The third-order valence-corrected chi connectivity index (χ3v) is 1.93. The minimum Gasteiger partial charge on any atom is -0.393 e. The molecule has 0 saturated carbocycles. The van der Waals surface area contributed by atoms with Crippen molar-refractivity contribution >= 4 is 31.9 Å². The highest BCUT2D eigenvalue weighted by Gasteiger charge is 2.04. The van der Waals surface area contributed by atoms with Gasteiger partial charge >= 0.3 is 0 Å². The van der Waals surface area contributed by atoms with E-state index in [1.807, 2.05) is 0 Å². The molecule has 0 aliphatic heterocycles. The zero-order valence-corrected chi connectivity index (χ0v) is 9.49. The van der Waals surface area contributed by atoms with Crippen molar-refractivity contribution in [3.8, 4) is 0 Å². The van der Waals surface area contributed by atoms with Gasteiger partial charge in [0.15, 0.2) is 0 Å². The Bertz CT molecular complexity index is 154. The average Bonchev–Trinajstić information content (AvgIpc) is 1.82. The van der Waals surface area contributed by atoms with Gasteiger partial charge in [0.05, 0.1) is 6.10 Å². The van der Waals surface area contributed by atoms with Gasteiger partial charge in [-0.2, -0.15) is 0 Å². The van der Waals surface area contributed by atoms with Crippen molar-refractivity contribution in [1.29, 1.82) is 0 Å². The van der Waals surface area contributed by atoms with Crippen molar-refractivity contribution in [2.24, 2.45) is 0 Å². The molecule has 1 N–H and O–H groups in total. The van der Waals surface area contributed by atoms with Gasteiger partial charge in [0.1, 0.15) is 0 Å². The second-order valence-electron chi connectivity index (χ2n) is 2.43. The molecule has 1 atom stereocenters. The van der Waals surface area contributed by atoms with Crippen LogP contribution in [0.2, 0.25) is 0 Å². The lowest BCUT2D eigenvalue weighted by molar-refractivity contribution is 0.168. The molecule has 0 bridgehead atoms. The van der Waals surface area contributed by atoms with E-state index in [9.17, 15) is 5.11 Å². The van der Waals surface area contributed by atoms with Gasteiger partial charge in [0, 0.05) is 6.42 Å². The largest absolute Gasteiger partial charge is 0.393 e. The van der Waals surface area contributed by atoms with Gasteiger partial charge in [-0.25, -0.2) is 0 Å². The van der Waals surface area contributed by atoms with Crippen molar-refractivity contribution in [3.05, 3.63) is 22.1 Å². The molecule has 1 unspecified atom stereocenters. The van der Waals surface area contributed by atoms with Crippen molar-refractivity contribution in [3.63, 3.8) is 0 Å². The fraction of sp³-hybridized carbons (Fsp3) is 0.500. The fourth-order valence-electron chi connectivity index (χ4n) is 0.681. The van der Waals surface area contributed by atoms with Crippen LogP contribution in [0.1, 0.15) is 19.3 Å². The van der Waals surface area contributed by atoms with Crippen LogP contribution in [-0.4, -0.2) is 11.2 Å². The van der Waals surface area contributed by atoms with E-state index >= 15 is 0 Å². The smallest absolute Gasteiger partial charge is 0.0588 e. The molecule has 0 rings (SSSR count). The molecular formula is C8H12Br2O. The Morgan fingerprint density at radius 3 is 2.18 bits per heavy atom. The Labute approximate surface area is 84.4 Å². The third-order valence-electron chi connectivity index (χ3n) is 1.21. The van der Waals surface area contributed by atoms with Gasteiger partial charge in [-0.05, 0) is 21.8 Å². The summed E-state index contributed by atoms with van der Waals surface area (Å²) in [6, 6.07) is 0. The van der Waals surface area contributed by atoms with Crippen LogP contribution >= 0.6 is 31.9 Å². The summed E-state index contributed by atoms with van der Waals surface area (Å²) in [6.07, 6.45) is 1.84. The van der Waals surface area contributed by atoms with E-state index < -0.39 is 0 Å². The molecule has 0 aliphatic rings. The zero-order chi connectivity index (χ0) is 8.85. The number of rotatable bonds is 5. The van der Waals surface area contributed by atoms with Crippen LogP contribution in [-0.2, 0) is 0 Å². The van der Waals surface area contributed by atoms with Gasteiger partial charge in [-0.3, -0.25) is 0 Å². The van der Waals surface area contributed by atoms with Crippen LogP contribution in [0.5, 0.6) is 0 Å². The molecule has 0 heterocycles. The molecule has 0 fully saturated rings. The Morgan fingerprint density at radius 2 is 1.82 bits per heavy atom. The van der Waals surface area contributed by atoms with Gasteiger partial charge < -0.3 is 5.11 Å². The minimum absolute atomic E-state index is 0.309. The normalized spacial score (nSPS) is 12.6. The maximum absolute atomic E-state index is 9.32. The number of hydrogen-bond donors (Lipinski definition) is 1. The average molecular weight is 284 g/mol. The quantitative estimate of drug-likeness (QED) is 0.821. The second kappa shape index (κ2) is 5.98. The van der Waals surface area contributed by atoms with Crippen molar-refractivity contribution in [2.45, 2.75) is 25.4 Å². The van der Waals surface area contributed by atoms with Crippen LogP contribution in [0, 0.1) is 0 Å². The van der Waals surface area contributed by atoms with E-state index in [1.54, 1.807) is 0 Å². The highest BCUT2D eigenvalue weighted by atomic mass is 79.9. The van der Waals surface area contributed by atoms with Gasteiger partial charge in [-0.15, -0.1) is 0 Å². The Balaban J connectivity index is 3.44. The molecular weight excluding hydrogens is 272 g/mol. The van der Waals surface area contributed by atoms with Gasteiger partial charge in [0.2, 0.25) is 0 Å². The van der Waals surface area contributed by atoms with E-state index in [0.717, 1.165) is 21.8 Å². The maximum Gasteiger partial charge on any atom is 0.0588 e. The van der Waals surface area contributed by atoms with E-state index in [1.165, 1.54) is 0 Å². The highest BCUT2D eigenvalue weighted by molar-refractivity contribution is 9.12. The number of allylic oxidation sites excluding steroid dienone is 1. The van der Waals surface area contributed by atoms with Crippen molar-refractivity contribution in [1.82, 2.24) is 0 Å². The summed E-state index contributed by atoms with van der Waals surface area (Å²) in [4.78, 5) is 0. The van der Waals surface area contributed by atoms with E-state index in [4.69, 9.17) is 0 Å². The lowest BCUT2D eigenvalue weighted by Gasteiger charge is -2.07. The topological polar surface area (TPSA) is 20.2 Å². The van der Waals surface area contributed by atoms with Crippen LogP contribution in [0.15, 0.2) is 22.1 Å². The lowest BCUT2D eigenvalue weighted by Crippen LogP contribution is -2.05. The monoisotopic (exact) mass is 282 g/mol. The molecule has 0 aliphatic carbocycles. The molecule has 0 aromatic rings. The standard InChI is InChI=1S/C8H12Br2O/c1-6(9)3-4-8(11)5-7(2)10/h8,11H,1-5H2. The van der Waals surface area contributed by atoms with Crippen LogP contribution in [0.3, 0.4) is 0 Å². The molecule has 0 radical (unpaired) electrons. The molecule has 64 valence electrons. The summed E-state index contributed by atoms with van der Waals surface area (Å²) in [7, 11) is 0. The first kappa shape index (κ1) is 11.4. The summed E-state index contributed by atoms with van der Waals surface area (Å²) in [5, 5.41) is 9.32. The van der Waals surface area contributed by atoms with Gasteiger partial charge in [-0.1, -0.05) is 45.0 Å². The fourth-order valence-corrected chi connectivity index (χ4v) is 1.28. The number of aliphatic hydroxyl groups excluding tert-OH is 1. The minimum atomic E-state index is -0.309. The Hall–Kier alpha value is 0.400. The highest BCUT2D eigenvalue weighted by Crippen LogP contribution is 2.17. The van der Waals surface area contributed by atoms with Crippen molar-refractivity contribution in [2.75, 3.05) is 0 Å². The molecule has 11 heavy (non-hydrogen) atoms. The van der Waals surface area contributed by atoms with E-state index in [-0.39, 0.29) is 6.10 Å². The van der Waals surface area contributed by atoms with E-state index in [0.29, 0.717) is 6.42 Å². The van der Waals surface area contributed by atoms with Crippen LogP contribution in [0.25, 0.3) is 0 Å². The SMILES string of the molecule is C=C(Br)CCC(O)CC(=C)Br. The summed E-state index contributed by atoms with van der Waals surface area (Å²) in [6.45, 7) is 7.32. The second-order valence-corrected chi connectivity index (χ2v) is 4.67. The zero-order valence-electron chi connectivity index (χ0n) is 6.32. The Kier molecular flexibility index (Phi) is 6.19. The molecule has 0 saturated heterocycles. The third kappa shape index (κ3) is 8.30. The molecule has 0 spiro atoms. The molecule has 0 amide bonds. The summed E-state index contributed by atoms with van der Waals surface area (Å²) < 4.78 is 1.77. The number of halogens is 2. The van der Waals surface area contributed by atoms with Crippen LogP contribution in [0.4, 0.5) is 0 Å². The molecule has 1 nitrogen and oxygen atoms in total. The maximum atomic E-state index is 9.32. The summed E-state index contributed by atoms with van der Waals surface area (Å²) in [5.41, 5.74) is 0. The Morgan fingerprint density at radius 1 is 1.27 bits per heavy atom. The lowest BCUT2D eigenvalue weighted by atomic mass is 10.1. The van der Waals surface area contributed by atoms with Crippen LogP contribution < -0.4 is 0 Å². The predicted octanol–water partition coefficient (Wildman–Crippen LogP) is 3.33. The molecule has 0 aromatic heterocycles. The number of aliphatic hydroxyl groups is 1. The van der Waals surface area contributed by atoms with Crippen molar-refractivity contribution < 1.29 is 5.11 Å². The van der Waals surface area contributed by atoms with E-state index in [2.05, 4.69) is 45.0 Å². The molecule has 3 heteroatoms. The first-order valence-corrected chi connectivity index (χ1v) is 4.95. The predicted molar refractivity (Wildman–Crippen MR) is 56.0 cm³/mol. The first-order chi connectivity index (χ1) is 5.02.